The molecule has 1 amide bonds. The van der Waals surface area contributed by atoms with Crippen molar-refractivity contribution in [3.8, 4) is 5.75 Å². The van der Waals surface area contributed by atoms with Gasteiger partial charge in [-0.15, -0.1) is 11.8 Å². The van der Waals surface area contributed by atoms with E-state index in [-0.39, 0.29) is 11.2 Å². The monoisotopic (exact) mass is 314 g/mol. The Hall–Kier alpha value is -2.27. The van der Waals surface area contributed by atoms with Gasteiger partial charge in [0.1, 0.15) is 5.75 Å². The highest BCUT2D eigenvalue weighted by Crippen LogP contribution is 2.22. The van der Waals surface area contributed by atoms with Crippen molar-refractivity contribution in [2.75, 3.05) is 7.11 Å². The zero-order valence-corrected chi connectivity index (χ0v) is 13.3. The molecular weight excluding hydrogens is 296 g/mol. The molecule has 1 N–H and O–H groups in total. The number of nitrogens with one attached hydrogen (secondary N) is 1. The number of carbonyl (C=O) groups excluding carboxylic acids is 1. The second-order valence-electron chi connectivity index (χ2n) is 4.58. The van der Waals surface area contributed by atoms with Crippen LogP contribution >= 0.6 is 11.8 Å². The van der Waals surface area contributed by atoms with Crippen LogP contribution in [0.2, 0.25) is 0 Å². The van der Waals surface area contributed by atoms with Gasteiger partial charge in [0.2, 0.25) is 0 Å². The number of methoxy groups -OCH3 is 1. The summed E-state index contributed by atoms with van der Waals surface area (Å²) in [7, 11) is 1.61. The summed E-state index contributed by atoms with van der Waals surface area (Å²) in [6.07, 6.45) is 1.60. The zero-order valence-electron chi connectivity index (χ0n) is 12.5. The van der Waals surface area contributed by atoms with Gasteiger partial charge in [-0.1, -0.05) is 30.3 Å². The molecule has 0 fully saturated rings. The minimum absolute atomic E-state index is 0.131. The van der Waals surface area contributed by atoms with Gasteiger partial charge in [-0.2, -0.15) is 5.10 Å². The van der Waals surface area contributed by atoms with Crippen LogP contribution in [0.1, 0.15) is 12.5 Å². The van der Waals surface area contributed by atoms with Crippen molar-refractivity contribution in [3.63, 3.8) is 0 Å². The lowest BCUT2D eigenvalue weighted by Crippen LogP contribution is -2.26. The van der Waals surface area contributed by atoms with Gasteiger partial charge in [0.15, 0.2) is 0 Å². The highest BCUT2D eigenvalue weighted by atomic mass is 32.2. The molecule has 2 rings (SSSR count). The predicted octanol–water partition coefficient (Wildman–Crippen LogP) is 3.33. The number of nitrogens with zero attached hydrogens (tertiary/aromatic N) is 1. The van der Waals surface area contributed by atoms with Crippen LogP contribution in [0.15, 0.2) is 64.6 Å². The van der Waals surface area contributed by atoms with E-state index in [1.807, 2.05) is 61.5 Å². The summed E-state index contributed by atoms with van der Waals surface area (Å²) in [5.74, 6) is 0.622. The van der Waals surface area contributed by atoms with Gasteiger partial charge >= 0.3 is 0 Å². The molecule has 22 heavy (non-hydrogen) atoms. The maximum absolute atomic E-state index is 12.0. The van der Waals surface area contributed by atoms with Gasteiger partial charge in [-0.05, 0) is 36.8 Å². The van der Waals surface area contributed by atoms with Gasteiger partial charge in [-0.3, -0.25) is 4.79 Å². The molecule has 1 atom stereocenters. The van der Waals surface area contributed by atoms with E-state index in [1.54, 1.807) is 13.3 Å². The molecule has 0 aromatic heterocycles. The molecule has 0 aliphatic rings. The van der Waals surface area contributed by atoms with Crippen molar-refractivity contribution in [3.05, 3.63) is 60.2 Å². The Bertz CT molecular complexity index is 644. The second kappa shape index (κ2) is 8.24. The van der Waals surface area contributed by atoms with Crippen molar-refractivity contribution in [1.82, 2.24) is 5.43 Å². The Balaban J connectivity index is 1.87. The summed E-state index contributed by atoms with van der Waals surface area (Å²) in [6.45, 7) is 1.86. The molecule has 0 unspecified atom stereocenters. The molecule has 4 nitrogen and oxygen atoms in total. The molecule has 0 radical (unpaired) electrons. The lowest BCUT2D eigenvalue weighted by molar-refractivity contribution is -0.120. The smallest absolute Gasteiger partial charge is 0.253 e. The number of ether oxygens (including phenoxy) is 1. The summed E-state index contributed by atoms with van der Waals surface area (Å²) in [5, 5.41) is 3.77. The number of rotatable bonds is 6. The van der Waals surface area contributed by atoms with Crippen LogP contribution in [0.25, 0.3) is 0 Å². The van der Waals surface area contributed by atoms with Crippen molar-refractivity contribution in [2.45, 2.75) is 17.1 Å². The van der Waals surface area contributed by atoms with Gasteiger partial charge < -0.3 is 4.74 Å². The maximum Gasteiger partial charge on any atom is 0.253 e. The molecule has 0 aliphatic carbocycles. The molecular formula is C17H18N2O2S. The fourth-order valence-corrected chi connectivity index (χ4v) is 2.62. The Kier molecular flexibility index (Phi) is 6.03. The van der Waals surface area contributed by atoms with Gasteiger partial charge in [0, 0.05) is 4.90 Å². The zero-order chi connectivity index (χ0) is 15.8. The number of benzene rings is 2. The summed E-state index contributed by atoms with van der Waals surface area (Å²) in [6, 6.07) is 17.3. The number of hydrogen-bond acceptors (Lipinski definition) is 4. The van der Waals surface area contributed by atoms with Gasteiger partial charge in [0.25, 0.3) is 5.91 Å². The first-order valence-electron chi connectivity index (χ1n) is 6.87. The van der Waals surface area contributed by atoms with Crippen LogP contribution < -0.4 is 10.2 Å². The summed E-state index contributed by atoms with van der Waals surface area (Å²) in [5.41, 5.74) is 3.42. The third-order valence-electron chi connectivity index (χ3n) is 2.91. The summed E-state index contributed by atoms with van der Waals surface area (Å²) >= 11 is 1.50. The van der Waals surface area contributed by atoms with Crippen LogP contribution in [0, 0.1) is 0 Å². The first kappa shape index (κ1) is 16.1. The average Bonchev–Trinajstić information content (AvgIpc) is 2.56. The molecule has 0 heterocycles. The first-order valence-corrected chi connectivity index (χ1v) is 7.75. The number of hydrazone groups is 1. The minimum Gasteiger partial charge on any atom is -0.497 e. The van der Waals surface area contributed by atoms with Crippen LogP contribution in [0.5, 0.6) is 5.75 Å². The van der Waals surface area contributed by atoms with E-state index in [0.29, 0.717) is 0 Å². The van der Waals surface area contributed by atoms with Gasteiger partial charge in [-0.25, -0.2) is 5.43 Å². The standard InChI is InChI=1S/C17H18N2O2S/c1-13(22-16-9-4-3-5-10-16)17(20)19-18-12-14-7-6-8-15(11-14)21-2/h3-13H,1-2H3,(H,19,20)/t13-/m0/s1. The molecule has 5 heteroatoms. The normalized spacial score (nSPS) is 12.1. The first-order chi connectivity index (χ1) is 10.7. The second-order valence-corrected chi connectivity index (χ2v) is 6.00. The molecule has 114 valence electrons. The molecule has 0 aliphatic heterocycles. The van der Waals surface area contributed by atoms with E-state index in [0.717, 1.165) is 16.2 Å². The van der Waals surface area contributed by atoms with Crippen molar-refractivity contribution in [2.24, 2.45) is 5.10 Å². The molecule has 2 aromatic rings. The van der Waals surface area contributed by atoms with E-state index in [1.165, 1.54) is 11.8 Å². The van der Waals surface area contributed by atoms with Crippen LogP contribution in [-0.2, 0) is 4.79 Å². The van der Waals surface area contributed by atoms with E-state index in [4.69, 9.17) is 4.74 Å². The molecule has 0 spiro atoms. The fourth-order valence-electron chi connectivity index (χ4n) is 1.74. The van der Waals surface area contributed by atoms with E-state index < -0.39 is 0 Å². The lowest BCUT2D eigenvalue weighted by Gasteiger charge is -2.09. The van der Waals surface area contributed by atoms with Crippen LogP contribution in [0.3, 0.4) is 0 Å². The summed E-state index contributed by atoms with van der Waals surface area (Å²) < 4.78 is 5.13. The van der Waals surface area contributed by atoms with Crippen LogP contribution in [0.4, 0.5) is 0 Å². The van der Waals surface area contributed by atoms with Crippen molar-refractivity contribution in [1.29, 1.82) is 0 Å². The third kappa shape index (κ3) is 4.93. The average molecular weight is 314 g/mol. The number of amides is 1. The minimum atomic E-state index is -0.218. The van der Waals surface area contributed by atoms with Crippen LogP contribution in [-0.4, -0.2) is 24.5 Å². The number of thioether (sulfide) groups is 1. The summed E-state index contributed by atoms with van der Waals surface area (Å²) in [4.78, 5) is 13.0. The van der Waals surface area contributed by atoms with Gasteiger partial charge in [0.05, 0.1) is 18.6 Å². The Morgan fingerprint density at radius 1 is 1.23 bits per heavy atom. The molecule has 0 saturated heterocycles. The Morgan fingerprint density at radius 3 is 2.73 bits per heavy atom. The quantitative estimate of drug-likeness (QED) is 0.505. The predicted molar refractivity (Wildman–Crippen MR) is 90.5 cm³/mol. The Morgan fingerprint density at radius 2 is 2.00 bits per heavy atom. The maximum atomic E-state index is 12.0. The van der Waals surface area contributed by atoms with Crippen molar-refractivity contribution >= 4 is 23.9 Å². The lowest BCUT2D eigenvalue weighted by atomic mass is 10.2. The van der Waals surface area contributed by atoms with Crippen molar-refractivity contribution < 1.29 is 9.53 Å². The fraction of sp³-hybridized carbons (Fsp3) is 0.176. The van der Waals surface area contributed by atoms with E-state index in [2.05, 4.69) is 10.5 Å². The topological polar surface area (TPSA) is 50.7 Å². The highest BCUT2D eigenvalue weighted by molar-refractivity contribution is 8.00. The molecule has 0 saturated carbocycles. The highest BCUT2D eigenvalue weighted by Gasteiger charge is 2.13. The largest absolute Gasteiger partial charge is 0.497 e. The molecule has 0 bridgehead atoms. The molecule has 2 aromatic carbocycles. The van der Waals surface area contributed by atoms with E-state index in [9.17, 15) is 4.79 Å². The third-order valence-corrected chi connectivity index (χ3v) is 4.02. The number of hydrogen-bond donors (Lipinski definition) is 1. The SMILES string of the molecule is COc1cccc(C=NNC(=O)[C@H](C)Sc2ccccc2)c1. The Labute approximate surface area is 134 Å². The number of carbonyl (C=O) groups is 1. The van der Waals surface area contributed by atoms with E-state index >= 15 is 0 Å².